The van der Waals surface area contributed by atoms with Crippen molar-refractivity contribution in [3.8, 4) is 0 Å². The summed E-state index contributed by atoms with van der Waals surface area (Å²) < 4.78 is 0. The molecule has 1 fully saturated rings. The van der Waals surface area contributed by atoms with Crippen molar-refractivity contribution >= 4 is 5.78 Å². The maximum atomic E-state index is 11.6. The van der Waals surface area contributed by atoms with Crippen LogP contribution in [0.4, 0.5) is 0 Å². The maximum absolute atomic E-state index is 11.6. The van der Waals surface area contributed by atoms with Crippen LogP contribution in [-0.2, 0) is 4.79 Å². The van der Waals surface area contributed by atoms with Gasteiger partial charge in [0.25, 0.3) is 0 Å². The molecule has 0 heterocycles. The molecule has 0 amide bonds. The van der Waals surface area contributed by atoms with E-state index >= 15 is 0 Å². The Morgan fingerprint density at radius 3 is 3.17 bits per heavy atom. The first-order chi connectivity index (χ1) is 5.79. The topological polar surface area (TPSA) is 17.1 Å². The highest BCUT2D eigenvalue weighted by atomic mass is 16.1. The van der Waals surface area contributed by atoms with Gasteiger partial charge in [-0.25, -0.2) is 0 Å². The number of hydrogen-bond acceptors (Lipinski definition) is 1. The van der Waals surface area contributed by atoms with Crippen molar-refractivity contribution in [1.29, 1.82) is 0 Å². The molecule has 0 aromatic rings. The van der Waals surface area contributed by atoms with Crippen LogP contribution >= 0.6 is 0 Å². The van der Waals surface area contributed by atoms with Crippen molar-refractivity contribution in [1.82, 2.24) is 0 Å². The molecule has 0 saturated heterocycles. The molecule has 1 nitrogen and oxygen atoms in total. The van der Waals surface area contributed by atoms with Gasteiger partial charge in [0.15, 0.2) is 5.78 Å². The Bertz CT molecular complexity index is 294. The molecule has 0 aliphatic heterocycles. The number of hydrogen-bond donors (Lipinski definition) is 0. The smallest absolute Gasteiger partial charge is 0.184 e. The third-order valence-corrected chi connectivity index (χ3v) is 2.65. The van der Waals surface area contributed by atoms with Crippen LogP contribution in [0.15, 0.2) is 36.0 Å². The zero-order valence-electron chi connectivity index (χ0n) is 7.05. The van der Waals surface area contributed by atoms with Crippen LogP contribution < -0.4 is 0 Å². The van der Waals surface area contributed by atoms with Gasteiger partial charge < -0.3 is 0 Å². The van der Waals surface area contributed by atoms with Crippen molar-refractivity contribution in [2.24, 2.45) is 5.92 Å². The van der Waals surface area contributed by atoms with Crippen LogP contribution in [0.2, 0.25) is 0 Å². The predicted molar refractivity (Wildman–Crippen MR) is 48.7 cm³/mol. The van der Waals surface area contributed by atoms with Crippen molar-refractivity contribution in [3.05, 3.63) is 36.0 Å². The normalized spacial score (nSPS) is 28.3. The Labute approximate surface area is 72.5 Å². The van der Waals surface area contributed by atoms with E-state index in [4.69, 9.17) is 0 Å². The van der Waals surface area contributed by atoms with Crippen LogP contribution in [-0.4, -0.2) is 5.78 Å². The average Bonchev–Trinajstić information content (AvgIpc) is 2.12. The lowest BCUT2D eigenvalue weighted by Crippen LogP contribution is -2.21. The molecule has 0 aromatic heterocycles. The van der Waals surface area contributed by atoms with Gasteiger partial charge in [0.05, 0.1) is 0 Å². The zero-order valence-corrected chi connectivity index (χ0v) is 7.05. The number of Topliss-reactive ketones (excluding diaryl/α,β-unsaturated/α-hetero) is 1. The highest BCUT2D eigenvalue weighted by Crippen LogP contribution is 2.33. The SMILES string of the molecule is C=C1CCC2CC=CC=C2C1=O. The highest BCUT2D eigenvalue weighted by molar-refractivity contribution is 6.09. The standard InChI is InChI=1S/C11H12O/c1-8-6-7-9-4-2-3-5-10(9)11(8)12/h2-3,5,9H,1,4,6-7H2. The fraction of sp³-hybridized carbons (Fsp3) is 0.364. The molecular weight excluding hydrogens is 148 g/mol. The summed E-state index contributed by atoms with van der Waals surface area (Å²) in [6.45, 7) is 3.77. The van der Waals surface area contributed by atoms with Crippen molar-refractivity contribution in [2.75, 3.05) is 0 Å². The monoisotopic (exact) mass is 160 g/mol. The van der Waals surface area contributed by atoms with Gasteiger partial charge in [0.1, 0.15) is 0 Å². The largest absolute Gasteiger partial charge is 0.289 e. The van der Waals surface area contributed by atoms with Crippen LogP contribution in [0.25, 0.3) is 0 Å². The molecule has 0 radical (unpaired) electrons. The van der Waals surface area contributed by atoms with Gasteiger partial charge in [-0.15, -0.1) is 0 Å². The molecule has 1 atom stereocenters. The molecule has 0 N–H and O–H groups in total. The zero-order chi connectivity index (χ0) is 8.55. The van der Waals surface area contributed by atoms with Crippen LogP contribution in [0, 0.1) is 5.92 Å². The van der Waals surface area contributed by atoms with E-state index in [2.05, 4.69) is 12.7 Å². The average molecular weight is 160 g/mol. The van der Waals surface area contributed by atoms with Gasteiger partial charge in [-0.1, -0.05) is 24.8 Å². The minimum absolute atomic E-state index is 0.190. The van der Waals surface area contributed by atoms with Gasteiger partial charge in [-0.2, -0.15) is 0 Å². The number of allylic oxidation sites excluding steroid dienone is 5. The molecular formula is C11H12O. The molecule has 0 spiro atoms. The van der Waals surface area contributed by atoms with Crippen molar-refractivity contribution in [3.63, 3.8) is 0 Å². The predicted octanol–water partition coefficient (Wildman–Crippen LogP) is 2.41. The minimum Gasteiger partial charge on any atom is -0.289 e. The Balaban J connectivity index is 2.33. The fourth-order valence-corrected chi connectivity index (χ4v) is 1.88. The van der Waals surface area contributed by atoms with E-state index in [0.29, 0.717) is 5.92 Å². The van der Waals surface area contributed by atoms with Gasteiger partial charge in [-0.3, -0.25) is 4.79 Å². The van der Waals surface area contributed by atoms with Crippen LogP contribution in [0.1, 0.15) is 19.3 Å². The summed E-state index contributed by atoms with van der Waals surface area (Å²) in [6, 6.07) is 0. The Kier molecular flexibility index (Phi) is 1.72. The summed E-state index contributed by atoms with van der Waals surface area (Å²) in [6.07, 6.45) is 9.07. The number of ketones is 1. The quantitative estimate of drug-likeness (QED) is 0.497. The summed E-state index contributed by atoms with van der Waals surface area (Å²) in [4.78, 5) is 11.6. The number of carbonyl (C=O) groups excluding carboxylic acids is 1. The summed E-state index contributed by atoms with van der Waals surface area (Å²) in [5.74, 6) is 0.670. The first-order valence-corrected chi connectivity index (χ1v) is 4.38. The molecule has 12 heavy (non-hydrogen) atoms. The van der Waals surface area contributed by atoms with Crippen LogP contribution in [0.3, 0.4) is 0 Å². The third-order valence-electron chi connectivity index (χ3n) is 2.65. The van der Waals surface area contributed by atoms with Crippen molar-refractivity contribution < 1.29 is 4.79 Å². The molecule has 62 valence electrons. The van der Waals surface area contributed by atoms with Gasteiger partial charge in [0, 0.05) is 5.57 Å². The van der Waals surface area contributed by atoms with E-state index in [1.54, 1.807) is 0 Å². The molecule has 1 saturated carbocycles. The molecule has 1 unspecified atom stereocenters. The first-order valence-electron chi connectivity index (χ1n) is 4.38. The second-order valence-corrected chi connectivity index (χ2v) is 3.45. The van der Waals surface area contributed by atoms with E-state index in [9.17, 15) is 4.79 Å². The highest BCUT2D eigenvalue weighted by Gasteiger charge is 2.27. The van der Waals surface area contributed by atoms with E-state index < -0.39 is 0 Å². The summed E-state index contributed by atoms with van der Waals surface area (Å²) in [5, 5.41) is 0. The van der Waals surface area contributed by atoms with Gasteiger partial charge in [0.2, 0.25) is 0 Å². The Hall–Kier alpha value is -1.11. The number of carbonyl (C=O) groups is 1. The van der Waals surface area contributed by atoms with Crippen LogP contribution in [0.5, 0.6) is 0 Å². The Morgan fingerprint density at radius 2 is 2.33 bits per heavy atom. The molecule has 1 heteroatoms. The fourth-order valence-electron chi connectivity index (χ4n) is 1.88. The second-order valence-electron chi connectivity index (χ2n) is 3.45. The van der Waals surface area contributed by atoms with Gasteiger partial charge in [-0.05, 0) is 30.8 Å². The summed E-state index contributed by atoms with van der Waals surface area (Å²) in [7, 11) is 0. The lowest BCUT2D eigenvalue weighted by atomic mass is 9.77. The summed E-state index contributed by atoms with van der Waals surface area (Å²) in [5.41, 5.74) is 1.77. The van der Waals surface area contributed by atoms with E-state index in [1.807, 2.05) is 12.2 Å². The number of rotatable bonds is 0. The molecule has 2 rings (SSSR count). The number of fused-ring (bicyclic) bond motifs is 1. The lowest BCUT2D eigenvalue weighted by molar-refractivity contribution is -0.113. The molecule has 0 bridgehead atoms. The summed E-state index contributed by atoms with van der Waals surface area (Å²) >= 11 is 0. The molecule has 2 aliphatic carbocycles. The maximum Gasteiger partial charge on any atom is 0.184 e. The minimum atomic E-state index is 0.190. The third kappa shape index (κ3) is 1.06. The van der Waals surface area contributed by atoms with E-state index in [0.717, 1.165) is 30.4 Å². The van der Waals surface area contributed by atoms with Gasteiger partial charge >= 0.3 is 0 Å². The lowest BCUT2D eigenvalue weighted by Gasteiger charge is -2.26. The molecule has 0 aromatic carbocycles. The first kappa shape index (κ1) is 7.53. The second kappa shape index (κ2) is 2.74. The van der Waals surface area contributed by atoms with Crippen molar-refractivity contribution in [2.45, 2.75) is 19.3 Å². The Morgan fingerprint density at radius 1 is 1.50 bits per heavy atom. The van der Waals surface area contributed by atoms with E-state index in [-0.39, 0.29) is 5.78 Å². The molecule has 2 aliphatic rings. The van der Waals surface area contributed by atoms with E-state index in [1.165, 1.54) is 0 Å².